The van der Waals surface area contributed by atoms with Crippen LogP contribution in [0.15, 0.2) is 111 Å². The normalized spacial score (nSPS) is 15.3. The van der Waals surface area contributed by atoms with Gasteiger partial charge in [-0.25, -0.2) is 4.39 Å². The smallest absolute Gasteiger partial charge is 0.267 e. The predicted molar refractivity (Wildman–Crippen MR) is 158 cm³/mol. The number of aryl methyl sites for hydroxylation is 1. The van der Waals surface area contributed by atoms with Gasteiger partial charge >= 0.3 is 0 Å². The van der Waals surface area contributed by atoms with Crippen molar-refractivity contribution in [1.29, 1.82) is 0 Å². The Kier molecular flexibility index (Phi) is 8.70. The molecule has 0 spiro atoms. The quantitative estimate of drug-likeness (QED) is 0.146. The van der Waals surface area contributed by atoms with Crippen LogP contribution in [0.25, 0.3) is 6.08 Å². The lowest BCUT2D eigenvalue weighted by Gasteiger charge is -2.12. The van der Waals surface area contributed by atoms with Crippen molar-refractivity contribution in [3.63, 3.8) is 0 Å². The largest absolute Gasteiger partial charge is 0.483 e. The van der Waals surface area contributed by atoms with Crippen LogP contribution in [-0.2, 0) is 16.1 Å². The SMILES string of the molecule is Cc1ccccc1/C=N/N=C1\S/C(=C\c2ccccc2OCC(=O)Nc2ccc(F)cc2)C(=O)N1Cc1ccco1. The molecule has 2 heterocycles. The minimum Gasteiger partial charge on any atom is -0.483 e. The molecule has 1 aliphatic heterocycles. The van der Waals surface area contributed by atoms with E-state index in [-0.39, 0.29) is 19.1 Å². The van der Waals surface area contributed by atoms with Crippen molar-refractivity contribution in [1.82, 2.24) is 4.90 Å². The average molecular weight is 569 g/mol. The van der Waals surface area contributed by atoms with Gasteiger partial charge in [0.05, 0.1) is 23.9 Å². The van der Waals surface area contributed by atoms with Crippen molar-refractivity contribution in [3.05, 3.63) is 124 Å². The Morgan fingerprint density at radius 2 is 1.78 bits per heavy atom. The third-order valence-electron chi connectivity index (χ3n) is 6.00. The lowest BCUT2D eigenvalue weighted by molar-refractivity contribution is -0.122. The highest BCUT2D eigenvalue weighted by molar-refractivity contribution is 8.18. The number of hydrogen-bond acceptors (Lipinski definition) is 7. The molecule has 2 amide bonds. The monoisotopic (exact) mass is 568 g/mol. The van der Waals surface area contributed by atoms with Gasteiger partial charge in [-0.05, 0) is 78.4 Å². The molecule has 0 unspecified atom stereocenters. The van der Waals surface area contributed by atoms with Gasteiger partial charge in [0.25, 0.3) is 11.8 Å². The number of thioether (sulfide) groups is 1. The van der Waals surface area contributed by atoms with E-state index >= 15 is 0 Å². The summed E-state index contributed by atoms with van der Waals surface area (Å²) in [6, 6.07) is 23.9. The molecule has 1 aromatic heterocycles. The molecule has 5 rings (SSSR count). The van der Waals surface area contributed by atoms with E-state index in [0.717, 1.165) is 11.1 Å². The number of halogens is 1. The first kappa shape index (κ1) is 27.6. The molecule has 206 valence electrons. The lowest BCUT2D eigenvalue weighted by atomic mass is 10.1. The van der Waals surface area contributed by atoms with Gasteiger partial charge in [0.1, 0.15) is 17.3 Å². The van der Waals surface area contributed by atoms with E-state index in [2.05, 4.69) is 15.5 Å². The number of carbonyl (C=O) groups is 2. The van der Waals surface area contributed by atoms with E-state index in [9.17, 15) is 14.0 Å². The van der Waals surface area contributed by atoms with Crippen LogP contribution in [0.4, 0.5) is 10.1 Å². The van der Waals surface area contributed by atoms with E-state index in [0.29, 0.717) is 32.8 Å². The molecule has 1 N–H and O–H groups in total. The summed E-state index contributed by atoms with van der Waals surface area (Å²) in [5.41, 5.74) is 3.05. The maximum atomic E-state index is 13.5. The van der Waals surface area contributed by atoms with Crippen molar-refractivity contribution >= 4 is 46.7 Å². The van der Waals surface area contributed by atoms with Crippen LogP contribution < -0.4 is 10.1 Å². The Labute approximate surface area is 240 Å². The van der Waals surface area contributed by atoms with E-state index < -0.39 is 11.7 Å². The second kappa shape index (κ2) is 12.9. The highest BCUT2D eigenvalue weighted by Gasteiger charge is 2.34. The summed E-state index contributed by atoms with van der Waals surface area (Å²) < 4.78 is 24.4. The summed E-state index contributed by atoms with van der Waals surface area (Å²) >= 11 is 1.19. The number of nitrogens with one attached hydrogen (secondary N) is 1. The summed E-state index contributed by atoms with van der Waals surface area (Å²) in [6.07, 6.45) is 4.90. The molecule has 41 heavy (non-hydrogen) atoms. The molecule has 0 aliphatic carbocycles. The van der Waals surface area contributed by atoms with Gasteiger partial charge in [-0.15, -0.1) is 5.10 Å². The molecule has 0 atom stereocenters. The third-order valence-corrected chi connectivity index (χ3v) is 7.00. The fraction of sp³-hybridized carbons (Fsp3) is 0.0968. The number of anilines is 1. The first-order chi connectivity index (χ1) is 20.0. The summed E-state index contributed by atoms with van der Waals surface area (Å²) in [5.74, 6) is -0.0412. The highest BCUT2D eigenvalue weighted by atomic mass is 32.2. The summed E-state index contributed by atoms with van der Waals surface area (Å²) in [6.45, 7) is 1.90. The number of carbonyl (C=O) groups excluding carboxylic acids is 2. The number of amides is 2. The average Bonchev–Trinajstić information content (AvgIpc) is 3.59. The van der Waals surface area contributed by atoms with E-state index in [1.165, 1.54) is 40.9 Å². The standard InChI is InChI=1S/C31H25FN4O4S/c1-21-7-2-3-9-23(21)18-33-35-31-36(19-26-10-6-16-39-26)30(38)28(41-31)17-22-8-4-5-11-27(22)40-20-29(37)34-25-14-12-24(32)13-15-25/h2-18H,19-20H2,1H3,(H,34,37)/b28-17-,33-18+,35-31-. The molecule has 0 radical (unpaired) electrons. The molecule has 0 saturated carbocycles. The molecule has 1 fully saturated rings. The maximum absolute atomic E-state index is 13.5. The number of furan rings is 1. The van der Waals surface area contributed by atoms with Crippen LogP contribution in [0.5, 0.6) is 5.75 Å². The topological polar surface area (TPSA) is 96.5 Å². The molecule has 4 aromatic rings. The zero-order valence-corrected chi connectivity index (χ0v) is 22.8. The van der Waals surface area contributed by atoms with Crippen molar-refractivity contribution in [2.75, 3.05) is 11.9 Å². The van der Waals surface area contributed by atoms with Gasteiger partial charge in [0, 0.05) is 11.3 Å². The Morgan fingerprint density at radius 1 is 1.02 bits per heavy atom. The second-order valence-electron chi connectivity index (χ2n) is 8.95. The molecular formula is C31H25FN4O4S. The van der Waals surface area contributed by atoms with Crippen molar-refractivity contribution in [2.45, 2.75) is 13.5 Å². The number of rotatable bonds is 9. The van der Waals surface area contributed by atoms with Crippen LogP contribution in [0, 0.1) is 12.7 Å². The fourth-order valence-corrected chi connectivity index (χ4v) is 4.82. The van der Waals surface area contributed by atoms with Crippen molar-refractivity contribution in [2.24, 2.45) is 10.2 Å². The van der Waals surface area contributed by atoms with Crippen molar-refractivity contribution in [3.8, 4) is 5.75 Å². The fourth-order valence-electron chi connectivity index (χ4n) is 3.90. The Hall–Kier alpha value is -4.96. The third kappa shape index (κ3) is 7.17. The molecule has 1 saturated heterocycles. The number of amidine groups is 1. The van der Waals surface area contributed by atoms with Gasteiger partial charge in [0.15, 0.2) is 11.8 Å². The number of hydrogen-bond donors (Lipinski definition) is 1. The summed E-state index contributed by atoms with van der Waals surface area (Å²) in [4.78, 5) is 27.8. The van der Waals surface area contributed by atoms with Gasteiger partial charge in [-0.1, -0.05) is 42.5 Å². The minimum absolute atomic E-state index is 0.191. The minimum atomic E-state index is -0.407. The Balaban J connectivity index is 1.34. The van der Waals surface area contributed by atoms with Gasteiger partial charge in [0.2, 0.25) is 0 Å². The van der Waals surface area contributed by atoms with Crippen molar-refractivity contribution < 1.29 is 23.1 Å². The zero-order chi connectivity index (χ0) is 28.6. The summed E-state index contributed by atoms with van der Waals surface area (Å²) in [5, 5.41) is 11.7. The predicted octanol–water partition coefficient (Wildman–Crippen LogP) is 6.25. The van der Waals surface area contributed by atoms with Gasteiger partial charge in [-0.3, -0.25) is 14.5 Å². The van der Waals surface area contributed by atoms with Crippen LogP contribution in [0.2, 0.25) is 0 Å². The Bertz CT molecular complexity index is 1630. The molecule has 10 heteroatoms. The van der Waals surface area contributed by atoms with Crippen LogP contribution in [-0.4, -0.2) is 34.7 Å². The maximum Gasteiger partial charge on any atom is 0.267 e. The number of ether oxygens (including phenoxy) is 1. The Morgan fingerprint density at radius 3 is 2.54 bits per heavy atom. The van der Waals surface area contributed by atoms with Crippen LogP contribution in [0.1, 0.15) is 22.5 Å². The first-order valence-corrected chi connectivity index (χ1v) is 13.5. The van der Waals surface area contributed by atoms with E-state index in [1.54, 1.807) is 48.9 Å². The van der Waals surface area contributed by atoms with Crippen LogP contribution >= 0.6 is 11.8 Å². The van der Waals surface area contributed by atoms with E-state index in [4.69, 9.17) is 9.15 Å². The molecule has 1 aliphatic rings. The molecule has 0 bridgehead atoms. The lowest BCUT2D eigenvalue weighted by Crippen LogP contribution is -2.28. The number of para-hydroxylation sites is 1. The molecular weight excluding hydrogens is 543 g/mol. The number of benzene rings is 3. The highest BCUT2D eigenvalue weighted by Crippen LogP contribution is 2.35. The van der Waals surface area contributed by atoms with Gasteiger partial charge in [-0.2, -0.15) is 5.10 Å². The summed E-state index contributed by atoms with van der Waals surface area (Å²) in [7, 11) is 0. The van der Waals surface area contributed by atoms with E-state index in [1.807, 2.05) is 37.3 Å². The molecule has 8 nitrogen and oxygen atoms in total. The number of nitrogens with zero attached hydrogens (tertiary/aromatic N) is 3. The first-order valence-electron chi connectivity index (χ1n) is 12.6. The zero-order valence-electron chi connectivity index (χ0n) is 22.0. The van der Waals surface area contributed by atoms with Gasteiger partial charge < -0.3 is 14.5 Å². The second-order valence-corrected chi connectivity index (χ2v) is 9.96. The molecule has 3 aromatic carbocycles. The van der Waals surface area contributed by atoms with Crippen LogP contribution in [0.3, 0.4) is 0 Å².